The SMILES string of the molecule is Fc1ccc(Sc2ccc(-n3c4ccccc4c4ccccc43)cc2)cc1. The summed E-state index contributed by atoms with van der Waals surface area (Å²) in [5.74, 6) is -0.207. The molecule has 0 N–H and O–H groups in total. The van der Waals surface area contributed by atoms with E-state index in [-0.39, 0.29) is 5.82 Å². The highest BCUT2D eigenvalue weighted by molar-refractivity contribution is 7.99. The van der Waals surface area contributed by atoms with Crippen LogP contribution in [0.5, 0.6) is 0 Å². The first-order chi connectivity index (χ1) is 13.3. The van der Waals surface area contributed by atoms with E-state index in [9.17, 15) is 4.39 Å². The first-order valence-electron chi connectivity index (χ1n) is 8.82. The molecule has 0 aliphatic carbocycles. The molecule has 0 aliphatic rings. The summed E-state index contributed by atoms with van der Waals surface area (Å²) in [5, 5.41) is 2.52. The standard InChI is InChI=1S/C24H16FNS/c25-17-9-13-19(14-10-17)27-20-15-11-18(12-16-20)26-23-7-3-1-5-21(23)22-6-2-4-8-24(22)26/h1-16H. The molecule has 3 heteroatoms. The van der Waals surface area contributed by atoms with E-state index in [0.29, 0.717) is 0 Å². The van der Waals surface area contributed by atoms with Crippen molar-refractivity contribution in [2.45, 2.75) is 9.79 Å². The summed E-state index contributed by atoms with van der Waals surface area (Å²) >= 11 is 1.63. The van der Waals surface area contributed by atoms with Gasteiger partial charge in [-0.2, -0.15) is 0 Å². The van der Waals surface area contributed by atoms with Crippen molar-refractivity contribution in [3.63, 3.8) is 0 Å². The van der Waals surface area contributed by atoms with E-state index in [4.69, 9.17) is 0 Å². The molecule has 5 rings (SSSR count). The maximum absolute atomic E-state index is 13.1. The molecule has 0 unspecified atom stereocenters. The molecule has 0 bridgehead atoms. The molecule has 0 saturated carbocycles. The molecule has 27 heavy (non-hydrogen) atoms. The van der Waals surface area contributed by atoms with Crippen LogP contribution in [0.1, 0.15) is 0 Å². The van der Waals surface area contributed by atoms with Crippen molar-refractivity contribution >= 4 is 33.6 Å². The fourth-order valence-electron chi connectivity index (χ4n) is 3.50. The van der Waals surface area contributed by atoms with Gasteiger partial charge in [0, 0.05) is 26.3 Å². The highest BCUT2D eigenvalue weighted by Gasteiger charge is 2.11. The molecule has 1 heterocycles. The van der Waals surface area contributed by atoms with Gasteiger partial charge in [-0.25, -0.2) is 4.39 Å². The van der Waals surface area contributed by atoms with Crippen LogP contribution < -0.4 is 0 Å². The van der Waals surface area contributed by atoms with Crippen LogP contribution >= 0.6 is 11.8 Å². The molecule has 1 nitrogen and oxygen atoms in total. The van der Waals surface area contributed by atoms with E-state index in [1.54, 1.807) is 23.9 Å². The lowest BCUT2D eigenvalue weighted by Gasteiger charge is -2.09. The zero-order chi connectivity index (χ0) is 18.2. The molecule has 1 aromatic heterocycles. The largest absolute Gasteiger partial charge is 0.309 e. The van der Waals surface area contributed by atoms with Gasteiger partial charge in [0.05, 0.1) is 11.0 Å². The average Bonchev–Trinajstić information content (AvgIpc) is 3.05. The molecule has 0 saturated heterocycles. The van der Waals surface area contributed by atoms with Crippen LogP contribution in [0.2, 0.25) is 0 Å². The van der Waals surface area contributed by atoms with Crippen molar-refractivity contribution in [1.29, 1.82) is 0 Å². The van der Waals surface area contributed by atoms with Gasteiger partial charge in [0.15, 0.2) is 0 Å². The predicted molar refractivity (Wildman–Crippen MR) is 111 cm³/mol. The van der Waals surface area contributed by atoms with Gasteiger partial charge in [0.25, 0.3) is 0 Å². The third-order valence-electron chi connectivity index (χ3n) is 4.72. The normalized spacial score (nSPS) is 11.3. The van der Waals surface area contributed by atoms with Gasteiger partial charge < -0.3 is 4.57 Å². The zero-order valence-electron chi connectivity index (χ0n) is 14.5. The van der Waals surface area contributed by atoms with E-state index in [2.05, 4.69) is 77.4 Å². The second-order valence-electron chi connectivity index (χ2n) is 6.42. The molecule has 0 fully saturated rings. The molecule has 130 valence electrons. The number of rotatable bonds is 3. The van der Waals surface area contributed by atoms with Crippen LogP contribution in [0.3, 0.4) is 0 Å². The summed E-state index contributed by atoms with van der Waals surface area (Å²) in [6, 6.07) is 32.1. The summed E-state index contributed by atoms with van der Waals surface area (Å²) in [6.45, 7) is 0. The van der Waals surface area contributed by atoms with Gasteiger partial charge in [-0.15, -0.1) is 0 Å². The average molecular weight is 369 g/mol. The number of halogens is 1. The first-order valence-corrected chi connectivity index (χ1v) is 9.63. The number of benzene rings is 4. The maximum atomic E-state index is 13.1. The Bertz CT molecular complexity index is 1180. The highest BCUT2D eigenvalue weighted by atomic mass is 32.2. The lowest BCUT2D eigenvalue weighted by molar-refractivity contribution is 0.626. The zero-order valence-corrected chi connectivity index (χ0v) is 15.3. The molecular weight excluding hydrogens is 353 g/mol. The minimum atomic E-state index is -0.207. The molecule has 0 aliphatic heterocycles. The third-order valence-corrected chi connectivity index (χ3v) is 5.74. The number of hydrogen-bond acceptors (Lipinski definition) is 1. The fourth-order valence-corrected chi connectivity index (χ4v) is 4.32. The Balaban J connectivity index is 1.57. The number of fused-ring (bicyclic) bond motifs is 3. The van der Waals surface area contributed by atoms with Crippen molar-refractivity contribution in [1.82, 2.24) is 4.57 Å². The predicted octanol–water partition coefficient (Wildman–Crippen LogP) is 7.07. The Labute approximate surface area is 161 Å². The van der Waals surface area contributed by atoms with Crippen LogP contribution in [0, 0.1) is 5.82 Å². The van der Waals surface area contributed by atoms with Gasteiger partial charge >= 0.3 is 0 Å². The van der Waals surface area contributed by atoms with Gasteiger partial charge in [-0.1, -0.05) is 48.2 Å². The van der Waals surface area contributed by atoms with Crippen LogP contribution in [0.15, 0.2) is 107 Å². The quantitative estimate of drug-likeness (QED) is 0.329. The van der Waals surface area contributed by atoms with Crippen molar-refractivity contribution in [2.75, 3.05) is 0 Å². The molecule has 0 radical (unpaired) electrons. The molecule has 0 spiro atoms. The van der Waals surface area contributed by atoms with E-state index >= 15 is 0 Å². The second-order valence-corrected chi connectivity index (χ2v) is 7.57. The number of aromatic nitrogens is 1. The van der Waals surface area contributed by atoms with Crippen LogP contribution in [0.25, 0.3) is 27.5 Å². The maximum Gasteiger partial charge on any atom is 0.123 e. The lowest BCUT2D eigenvalue weighted by Crippen LogP contribution is -1.93. The smallest absolute Gasteiger partial charge is 0.123 e. The first kappa shape index (κ1) is 16.2. The summed E-state index contributed by atoms with van der Waals surface area (Å²) in [6.07, 6.45) is 0. The Hall–Kier alpha value is -3.04. The highest BCUT2D eigenvalue weighted by Crippen LogP contribution is 2.33. The van der Waals surface area contributed by atoms with Crippen molar-refractivity contribution in [3.05, 3.63) is 103 Å². The van der Waals surface area contributed by atoms with Crippen molar-refractivity contribution < 1.29 is 4.39 Å². The van der Waals surface area contributed by atoms with Gasteiger partial charge in [-0.05, 0) is 60.7 Å². The van der Waals surface area contributed by atoms with Gasteiger partial charge in [0.1, 0.15) is 5.82 Å². The Morgan fingerprint density at radius 2 is 1.04 bits per heavy atom. The van der Waals surface area contributed by atoms with Gasteiger partial charge in [-0.3, -0.25) is 0 Å². The van der Waals surface area contributed by atoms with E-state index in [0.717, 1.165) is 15.5 Å². The number of hydrogen-bond donors (Lipinski definition) is 0. The van der Waals surface area contributed by atoms with Crippen molar-refractivity contribution in [3.8, 4) is 5.69 Å². The molecule has 5 aromatic rings. The summed E-state index contributed by atoms with van der Waals surface area (Å²) in [5.41, 5.74) is 3.55. The second kappa shape index (κ2) is 6.60. The molecule has 4 aromatic carbocycles. The van der Waals surface area contributed by atoms with Gasteiger partial charge in [0.2, 0.25) is 0 Å². The van der Waals surface area contributed by atoms with E-state index in [1.807, 2.05) is 0 Å². The summed E-state index contributed by atoms with van der Waals surface area (Å²) < 4.78 is 15.4. The van der Waals surface area contributed by atoms with Crippen molar-refractivity contribution in [2.24, 2.45) is 0 Å². The Morgan fingerprint density at radius 3 is 1.59 bits per heavy atom. The topological polar surface area (TPSA) is 4.93 Å². The molecular formula is C24H16FNS. The van der Waals surface area contributed by atoms with Crippen LogP contribution in [-0.2, 0) is 0 Å². The summed E-state index contributed by atoms with van der Waals surface area (Å²) in [7, 11) is 0. The van der Waals surface area contributed by atoms with Crippen LogP contribution in [-0.4, -0.2) is 4.57 Å². The summed E-state index contributed by atoms with van der Waals surface area (Å²) in [4.78, 5) is 2.16. The molecule has 0 atom stereocenters. The minimum Gasteiger partial charge on any atom is -0.309 e. The Morgan fingerprint density at radius 1 is 0.556 bits per heavy atom. The van der Waals surface area contributed by atoms with E-state index < -0.39 is 0 Å². The Kier molecular flexibility index (Phi) is 3.95. The monoisotopic (exact) mass is 369 g/mol. The molecule has 0 amide bonds. The number of para-hydroxylation sites is 2. The fraction of sp³-hybridized carbons (Fsp3) is 0. The van der Waals surface area contributed by atoms with E-state index in [1.165, 1.54) is 33.9 Å². The third kappa shape index (κ3) is 2.90. The lowest BCUT2D eigenvalue weighted by atomic mass is 10.2. The number of nitrogens with zero attached hydrogens (tertiary/aromatic N) is 1. The minimum absolute atomic E-state index is 0.207. The van der Waals surface area contributed by atoms with Crippen LogP contribution in [0.4, 0.5) is 4.39 Å².